The van der Waals surface area contributed by atoms with Crippen LogP contribution in [0.25, 0.3) is 0 Å². The Morgan fingerprint density at radius 2 is 2.15 bits per heavy atom. The van der Waals surface area contributed by atoms with E-state index in [2.05, 4.69) is 17.2 Å². The number of nitrogens with zero attached hydrogens (tertiary/aromatic N) is 1. The highest BCUT2D eigenvalue weighted by molar-refractivity contribution is 6.31. The fourth-order valence-corrected chi connectivity index (χ4v) is 2.45. The Hall–Kier alpha value is -1.45. The molecule has 20 heavy (non-hydrogen) atoms. The van der Waals surface area contributed by atoms with E-state index in [1.165, 1.54) is 12.1 Å². The van der Waals surface area contributed by atoms with Crippen molar-refractivity contribution in [1.29, 1.82) is 0 Å². The van der Waals surface area contributed by atoms with Crippen molar-refractivity contribution in [3.8, 4) is 0 Å². The third-order valence-corrected chi connectivity index (χ3v) is 3.52. The summed E-state index contributed by atoms with van der Waals surface area (Å²) in [5.74, 6) is -0.229. The molecule has 2 aromatic rings. The zero-order valence-corrected chi connectivity index (χ0v) is 12.4. The zero-order chi connectivity index (χ0) is 14.5. The molecule has 1 aromatic carbocycles. The Morgan fingerprint density at radius 1 is 1.35 bits per heavy atom. The molecule has 1 heterocycles. The number of nitrogens with one attached hydrogen (secondary N) is 1. The second-order valence-electron chi connectivity index (χ2n) is 4.76. The van der Waals surface area contributed by atoms with Gasteiger partial charge < -0.3 is 5.32 Å². The highest BCUT2D eigenvalue weighted by Gasteiger charge is 2.19. The van der Waals surface area contributed by atoms with Gasteiger partial charge in [-0.3, -0.25) is 4.98 Å². The van der Waals surface area contributed by atoms with Gasteiger partial charge in [0.2, 0.25) is 0 Å². The van der Waals surface area contributed by atoms with Gasteiger partial charge in [0.15, 0.2) is 0 Å². The summed E-state index contributed by atoms with van der Waals surface area (Å²) in [5.41, 5.74) is 2.66. The Balaban J connectivity index is 2.44. The summed E-state index contributed by atoms with van der Waals surface area (Å²) in [5, 5.41) is 4.05. The number of pyridine rings is 1. The first kappa shape index (κ1) is 14.9. The number of rotatable bonds is 5. The molecule has 0 fully saturated rings. The Labute approximate surface area is 124 Å². The van der Waals surface area contributed by atoms with Crippen LogP contribution in [0.3, 0.4) is 0 Å². The third kappa shape index (κ3) is 3.35. The summed E-state index contributed by atoms with van der Waals surface area (Å²) < 4.78 is 13.3. The maximum absolute atomic E-state index is 13.3. The molecule has 1 aromatic heterocycles. The molecule has 4 heteroatoms. The molecule has 1 N–H and O–H groups in total. The summed E-state index contributed by atoms with van der Waals surface area (Å²) >= 11 is 6.25. The van der Waals surface area contributed by atoms with Gasteiger partial charge in [-0.1, -0.05) is 24.6 Å². The van der Waals surface area contributed by atoms with Crippen molar-refractivity contribution in [3.05, 3.63) is 64.2 Å². The molecular weight excluding hydrogens is 275 g/mol. The first-order valence-corrected chi connectivity index (χ1v) is 7.11. The van der Waals surface area contributed by atoms with E-state index in [0.717, 1.165) is 29.8 Å². The number of hydrogen-bond donors (Lipinski definition) is 1. The van der Waals surface area contributed by atoms with Gasteiger partial charge in [-0.05, 0) is 55.3 Å². The highest BCUT2D eigenvalue weighted by atomic mass is 35.5. The first-order chi connectivity index (χ1) is 9.63. The fraction of sp³-hybridized carbons (Fsp3) is 0.312. The number of hydrogen-bond acceptors (Lipinski definition) is 2. The van der Waals surface area contributed by atoms with Gasteiger partial charge >= 0.3 is 0 Å². The standard InChI is InChI=1S/C16H18ClFN2/c1-3-8-19-15(16-14(17)5-4-9-20-16)13-7-6-12(18)10-11(13)2/h4-7,9-10,15,19H,3,8H2,1-2H3. The van der Waals surface area contributed by atoms with E-state index in [1.807, 2.05) is 13.0 Å². The van der Waals surface area contributed by atoms with E-state index in [9.17, 15) is 4.39 Å². The molecule has 0 spiro atoms. The fourth-order valence-electron chi connectivity index (χ4n) is 2.22. The second kappa shape index (κ2) is 6.82. The average molecular weight is 293 g/mol. The number of benzene rings is 1. The predicted octanol–water partition coefficient (Wildman–Crippen LogP) is 4.27. The number of aromatic nitrogens is 1. The van der Waals surface area contributed by atoms with Crippen LogP contribution < -0.4 is 5.32 Å². The van der Waals surface area contributed by atoms with Crippen molar-refractivity contribution in [1.82, 2.24) is 10.3 Å². The molecule has 1 atom stereocenters. The molecule has 0 radical (unpaired) electrons. The number of aryl methyl sites for hydroxylation is 1. The van der Waals surface area contributed by atoms with Gasteiger partial charge in [-0.15, -0.1) is 0 Å². The quantitative estimate of drug-likeness (QED) is 0.890. The molecule has 106 valence electrons. The normalized spacial score (nSPS) is 12.4. The lowest BCUT2D eigenvalue weighted by Gasteiger charge is -2.21. The summed E-state index contributed by atoms with van der Waals surface area (Å²) in [6.45, 7) is 4.84. The largest absolute Gasteiger partial charge is 0.305 e. The van der Waals surface area contributed by atoms with Crippen LogP contribution in [-0.4, -0.2) is 11.5 Å². The molecule has 2 nitrogen and oxygen atoms in total. The summed E-state index contributed by atoms with van der Waals surface area (Å²) in [4.78, 5) is 4.38. The molecule has 0 saturated heterocycles. The first-order valence-electron chi connectivity index (χ1n) is 6.73. The van der Waals surface area contributed by atoms with E-state index in [0.29, 0.717) is 5.02 Å². The minimum absolute atomic E-state index is 0.121. The van der Waals surface area contributed by atoms with Gasteiger partial charge in [0.05, 0.1) is 16.8 Å². The van der Waals surface area contributed by atoms with Crippen molar-refractivity contribution >= 4 is 11.6 Å². The summed E-state index contributed by atoms with van der Waals surface area (Å²) in [6.07, 6.45) is 2.72. The summed E-state index contributed by atoms with van der Waals surface area (Å²) in [7, 11) is 0. The molecule has 0 saturated carbocycles. The Kier molecular flexibility index (Phi) is 5.10. The van der Waals surface area contributed by atoms with E-state index >= 15 is 0 Å². The highest BCUT2D eigenvalue weighted by Crippen LogP contribution is 2.28. The molecule has 0 aliphatic carbocycles. The number of halogens is 2. The predicted molar refractivity (Wildman–Crippen MR) is 80.5 cm³/mol. The molecule has 2 rings (SSSR count). The maximum Gasteiger partial charge on any atom is 0.123 e. The minimum Gasteiger partial charge on any atom is -0.305 e. The minimum atomic E-state index is -0.229. The van der Waals surface area contributed by atoms with Crippen LogP contribution in [0.15, 0.2) is 36.5 Å². The molecular formula is C16H18ClFN2. The van der Waals surface area contributed by atoms with E-state index in [1.54, 1.807) is 18.3 Å². The molecule has 1 unspecified atom stereocenters. The van der Waals surface area contributed by atoms with Crippen LogP contribution in [0.4, 0.5) is 4.39 Å². The lowest BCUT2D eigenvalue weighted by atomic mass is 9.98. The van der Waals surface area contributed by atoms with Crippen LogP contribution in [0.5, 0.6) is 0 Å². The van der Waals surface area contributed by atoms with Gasteiger partial charge in [0.1, 0.15) is 5.82 Å². The molecule has 0 aliphatic heterocycles. The Bertz CT molecular complexity index is 586. The SMILES string of the molecule is CCCNC(c1ccc(F)cc1C)c1ncccc1Cl. The average Bonchev–Trinajstić information content (AvgIpc) is 2.42. The van der Waals surface area contributed by atoms with Gasteiger partial charge in [-0.25, -0.2) is 4.39 Å². The molecule has 0 aliphatic rings. The lowest BCUT2D eigenvalue weighted by Crippen LogP contribution is -2.25. The van der Waals surface area contributed by atoms with Crippen LogP contribution in [0.1, 0.15) is 36.2 Å². The van der Waals surface area contributed by atoms with E-state index < -0.39 is 0 Å². The van der Waals surface area contributed by atoms with Crippen LogP contribution in [0, 0.1) is 12.7 Å². The smallest absolute Gasteiger partial charge is 0.123 e. The van der Waals surface area contributed by atoms with Crippen LogP contribution in [-0.2, 0) is 0 Å². The maximum atomic E-state index is 13.3. The topological polar surface area (TPSA) is 24.9 Å². The van der Waals surface area contributed by atoms with Gasteiger partial charge in [-0.2, -0.15) is 0 Å². The van der Waals surface area contributed by atoms with Crippen molar-refractivity contribution < 1.29 is 4.39 Å². The summed E-state index contributed by atoms with van der Waals surface area (Å²) in [6, 6.07) is 8.31. The van der Waals surface area contributed by atoms with Gasteiger partial charge in [0.25, 0.3) is 0 Å². The molecule has 0 amide bonds. The van der Waals surface area contributed by atoms with Crippen molar-refractivity contribution in [2.24, 2.45) is 0 Å². The lowest BCUT2D eigenvalue weighted by molar-refractivity contribution is 0.579. The molecule has 0 bridgehead atoms. The monoisotopic (exact) mass is 292 g/mol. The van der Waals surface area contributed by atoms with E-state index in [4.69, 9.17) is 11.6 Å². The van der Waals surface area contributed by atoms with Crippen LogP contribution >= 0.6 is 11.6 Å². The van der Waals surface area contributed by atoms with Crippen molar-refractivity contribution in [3.63, 3.8) is 0 Å². The third-order valence-electron chi connectivity index (χ3n) is 3.20. The van der Waals surface area contributed by atoms with Crippen molar-refractivity contribution in [2.75, 3.05) is 6.54 Å². The van der Waals surface area contributed by atoms with Crippen molar-refractivity contribution in [2.45, 2.75) is 26.3 Å². The van der Waals surface area contributed by atoms with Crippen LogP contribution in [0.2, 0.25) is 5.02 Å². The Morgan fingerprint density at radius 3 is 2.80 bits per heavy atom. The van der Waals surface area contributed by atoms with E-state index in [-0.39, 0.29) is 11.9 Å². The zero-order valence-electron chi connectivity index (χ0n) is 11.7. The van der Waals surface area contributed by atoms with Gasteiger partial charge in [0, 0.05) is 6.20 Å². The second-order valence-corrected chi connectivity index (χ2v) is 5.17.